The summed E-state index contributed by atoms with van der Waals surface area (Å²) in [5.41, 5.74) is 6.32. The molecule has 2 N–H and O–H groups in total. The zero-order valence-electron chi connectivity index (χ0n) is 8.69. The molecule has 3 heteroatoms. The Kier molecular flexibility index (Phi) is 3.25. The molecule has 2 nitrogen and oxygen atoms in total. The molecule has 1 atom stereocenters. The SMILES string of the molecule is NC(=O)C(Br)Cc1ccc2ccccc2c1. The number of fused-ring (bicyclic) bond motifs is 1. The monoisotopic (exact) mass is 277 g/mol. The summed E-state index contributed by atoms with van der Waals surface area (Å²) in [5, 5.41) is 2.39. The quantitative estimate of drug-likeness (QED) is 0.862. The molecule has 0 aliphatic carbocycles. The lowest BCUT2D eigenvalue weighted by atomic mass is 10.0. The van der Waals surface area contributed by atoms with E-state index in [0.717, 1.165) is 5.56 Å². The van der Waals surface area contributed by atoms with Gasteiger partial charge in [-0.05, 0) is 22.8 Å². The van der Waals surface area contributed by atoms with Crippen molar-refractivity contribution in [1.82, 2.24) is 0 Å². The van der Waals surface area contributed by atoms with Crippen LogP contribution in [-0.2, 0) is 11.2 Å². The molecule has 2 aromatic rings. The van der Waals surface area contributed by atoms with E-state index in [9.17, 15) is 4.79 Å². The summed E-state index contributed by atoms with van der Waals surface area (Å²) in [4.78, 5) is 10.6. The average Bonchev–Trinajstić information content (AvgIpc) is 2.28. The lowest BCUT2D eigenvalue weighted by molar-refractivity contribution is -0.117. The van der Waals surface area contributed by atoms with E-state index in [1.54, 1.807) is 0 Å². The number of primary amides is 1. The fraction of sp³-hybridized carbons (Fsp3) is 0.154. The number of rotatable bonds is 3. The van der Waals surface area contributed by atoms with Crippen molar-refractivity contribution < 1.29 is 4.79 Å². The van der Waals surface area contributed by atoms with E-state index in [0.29, 0.717) is 6.42 Å². The van der Waals surface area contributed by atoms with Crippen molar-refractivity contribution in [3.8, 4) is 0 Å². The van der Waals surface area contributed by atoms with Crippen LogP contribution >= 0.6 is 15.9 Å². The zero-order valence-corrected chi connectivity index (χ0v) is 10.3. The minimum atomic E-state index is -0.326. The van der Waals surface area contributed by atoms with Crippen LogP contribution in [0.1, 0.15) is 5.56 Å². The maximum absolute atomic E-state index is 10.9. The maximum Gasteiger partial charge on any atom is 0.231 e. The van der Waals surface area contributed by atoms with Gasteiger partial charge in [0, 0.05) is 0 Å². The third-order valence-corrected chi connectivity index (χ3v) is 3.31. The molecule has 2 rings (SSSR count). The van der Waals surface area contributed by atoms with Gasteiger partial charge in [0.1, 0.15) is 0 Å². The minimum absolute atomic E-state index is 0.298. The van der Waals surface area contributed by atoms with E-state index in [-0.39, 0.29) is 10.7 Å². The van der Waals surface area contributed by atoms with Crippen molar-refractivity contribution in [3.63, 3.8) is 0 Å². The molecule has 1 amide bonds. The Hall–Kier alpha value is -1.35. The van der Waals surface area contributed by atoms with Crippen molar-refractivity contribution in [2.75, 3.05) is 0 Å². The van der Waals surface area contributed by atoms with Gasteiger partial charge in [-0.2, -0.15) is 0 Å². The molecule has 0 saturated carbocycles. The van der Waals surface area contributed by atoms with Crippen LogP contribution in [-0.4, -0.2) is 10.7 Å². The van der Waals surface area contributed by atoms with Crippen molar-refractivity contribution in [3.05, 3.63) is 48.0 Å². The highest BCUT2D eigenvalue weighted by Gasteiger charge is 2.11. The van der Waals surface area contributed by atoms with Crippen LogP contribution in [0.25, 0.3) is 10.8 Å². The number of carbonyl (C=O) groups excluding carboxylic acids is 1. The van der Waals surface area contributed by atoms with Crippen LogP contribution in [0.5, 0.6) is 0 Å². The summed E-state index contributed by atoms with van der Waals surface area (Å²) in [5.74, 6) is -0.326. The Labute approximate surface area is 103 Å². The van der Waals surface area contributed by atoms with Crippen LogP contribution in [0.15, 0.2) is 42.5 Å². The molecule has 0 spiro atoms. The van der Waals surface area contributed by atoms with Gasteiger partial charge in [0.2, 0.25) is 5.91 Å². The lowest BCUT2D eigenvalue weighted by Crippen LogP contribution is -2.24. The Balaban J connectivity index is 2.29. The first-order valence-electron chi connectivity index (χ1n) is 5.08. The summed E-state index contributed by atoms with van der Waals surface area (Å²) in [6.07, 6.45) is 0.625. The first kappa shape index (κ1) is 11.1. The van der Waals surface area contributed by atoms with Crippen LogP contribution in [0.2, 0.25) is 0 Å². The fourth-order valence-corrected chi connectivity index (χ4v) is 2.05. The topological polar surface area (TPSA) is 43.1 Å². The highest BCUT2D eigenvalue weighted by Crippen LogP contribution is 2.18. The Morgan fingerprint density at radius 3 is 2.56 bits per heavy atom. The third kappa shape index (κ3) is 2.42. The lowest BCUT2D eigenvalue weighted by Gasteiger charge is -2.06. The van der Waals surface area contributed by atoms with Gasteiger partial charge >= 0.3 is 0 Å². The molecule has 1 unspecified atom stereocenters. The van der Waals surface area contributed by atoms with Crippen LogP contribution in [0.3, 0.4) is 0 Å². The summed E-state index contributed by atoms with van der Waals surface area (Å²) in [6.45, 7) is 0. The molecule has 0 aliphatic rings. The van der Waals surface area contributed by atoms with Gasteiger partial charge in [0.25, 0.3) is 0 Å². The largest absolute Gasteiger partial charge is 0.369 e. The van der Waals surface area contributed by atoms with Crippen molar-refractivity contribution in [2.24, 2.45) is 5.73 Å². The summed E-state index contributed by atoms with van der Waals surface area (Å²) < 4.78 is 0. The van der Waals surface area contributed by atoms with Gasteiger partial charge in [-0.15, -0.1) is 0 Å². The molecule has 0 heterocycles. The molecule has 2 aromatic carbocycles. The van der Waals surface area contributed by atoms with Crippen molar-refractivity contribution in [2.45, 2.75) is 11.2 Å². The molecular formula is C13H12BrNO. The predicted octanol–water partition coefficient (Wildman–Crippen LogP) is 2.63. The van der Waals surface area contributed by atoms with Gasteiger partial charge < -0.3 is 5.73 Å². The highest BCUT2D eigenvalue weighted by molar-refractivity contribution is 9.10. The number of halogens is 1. The molecule has 16 heavy (non-hydrogen) atoms. The van der Waals surface area contributed by atoms with Crippen LogP contribution < -0.4 is 5.73 Å². The first-order valence-corrected chi connectivity index (χ1v) is 5.99. The number of nitrogens with two attached hydrogens (primary N) is 1. The van der Waals surface area contributed by atoms with Gasteiger partial charge in [-0.1, -0.05) is 58.4 Å². The van der Waals surface area contributed by atoms with E-state index < -0.39 is 0 Å². The Morgan fingerprint density at radius 1 is 1.19 bits per heavy atom. The molecule has 0 aliphatic heterocycles. The van der Waals surface area contributed by atoms with Crippen LogP contribution in [0.4, 0.5) is 0 Å². The standard InChI is InChI=1S/C13H12BrNO/c14-12(13(15)16)8-9-5-6-10-3-1-2-4-11(10)7-9/h1-7,12H,8H2,(H2,15,16). The zero-order chi connectivity index (χ0) is 11.5. The van der Waals surface area contributed by atoms with Gasteiger partial charge in [-0.25, -0.2) is 0 Å². The number of carbonyl (C=O) groups is 1. The number of alkyl halides is 1. The molecule has 0 aromatic heterocycles. The molecular weight excluding hydrogens is 266 g/mol. The second-order valence-corrected chi connectivity index (χ2v) is 4.86. The Morgan fingerprint density at radius 2 is 1.88 bits per heavy atom. The van der Waals surface area contributed by atoms with Crippen molar-refractivity contribution in [1.29, 1.82) is 0 Å². The number of benzene rings is 2. The molecule has 82 valence electrons. The number of hydrogen-bond acceptors (Lipinski definition) is 1. The maximum atomic E-state index is 10.9. The van der Waals surface area contributed by atoms with E-state index >= 15 is 0 Å². The van der Waals surface area contributed by atoms with Crippen molar-refractivity contribution >= 4 is 32.6 Å². The van der Waals surface area contributed by atoms with E-state index in [2.05, 4.69) is 40.2 Å². The number of amides is 1. The highest BCUT2D eigenvalue weighted by atomic mass is 79.9. The predicted molar refractivity (Wildman–Crippen MR) is 69.6 cm³/mol. The smallest absolute Gasteiger partial charge is 0.231 e. The summed E-state index contributed by atoms with van der Waals surface area (Å²) >= 11 is 3.27. The van der Waals surface area contributed by atoms with Gasteiger partial charge in [0.15, 0.2) is 0 Å². The second-order valence-electron chi connectivity index (χ2n) is 3.76. The third-order valence-electron chi connectivity index (χ3n) is 2.54. The van der Waals surface area contributed by atoms with Crippen LogP contribution in [0, 0.1) is 0 Å². The minimum Gasteiger partial charge on any atom is -0.369 e. The van der Waals surface area contributed by atoms with Gasteiger partial charge in [0.05, 0.1) is 4.83 Å². The summed E-state index contributed by atoms with van der Waals surface area (Å²) in [6, 6.07) is 14.3. The van der Waals surface area contributed by atoms with E-state index in [1.807, 2.05) is 18.2 Å². The molecule has 0 saturated heterocycles. The second kappa shape index (κ2) is 4.66. The fourth-order valence-electron chi connectivity index (χ4n) is 1.67. The molecule has 0 radical (unpaired) electrons. The van der Waals surface area contributed by atoms with Gasteiger partial charge in [-0.3, -0.25) is 4.79 Å². The Bertz CT molecular complexity index is 524. The molecule has 0 bridgehead atoms. The summed E-state index contributed by atoms with van der Waals surface area (Å²) in [7, 11) is 0. The van der Waals surface area contributed by atoms with E-state index in [1.165, 1.54) is 10.8 Å². The molecule has 0 fully saturated rings. The van der Waals surface area contributed by atoms with E-state index in [4.69, 9.17) is 5.73 Å². The first-order chi connectivity index (χ1) is 7.66. The normalized spacial score (nSPS) is 12.6. The average molecular weight is 278 g/mol. The number of hydrogen-bond donors (Lipinski definition) is 1.